The number of hydrogen-bond acceptors (Lipinski definition) is 8. The smallest absolute Gasteiger partial charge is 0.200 e. The highest BCUT2D eigenvalue weighted by molar-refractivity contribution is 6.33. The molecule has 0 radical (unpaired) electrons. The second-order valence-electron chi connectivity index (χ2n) is 11.2. The summed E-state index contributed by atoms with van der Waals surface area (Å²) in [7, 11) is 0. The third-order valence-corrected chi connectivity index (χ3v) is 9.28. The molecule has 0 spiro atoms. The molecule has 8 nitrogen and oxygen atoms in total. The molecule has 2 saturated heterocycles. The lowest BCUT2D eigenvalue weighted by Crippen LogP contribution is -2.39. The molecule has 5 rings (SSSR count). The number of anilines is 2. The highest BCUT2D eigenvalue weighted by Gasteiger charge is 2.38. The zero-order valence-corrected chi connectivity index (χ0v) is 24.2. The van der Waals surface area contributed by atoms with E-state index in [1.54, 1.807) is 0 Å². The Kier molecular flexibility index (Phi) is 9.41. The number of hydrogen-bond donors (Lipinski definition) is 4. The third kappa shape index (κ3) is 6.05. The Morgan fingerprint density at radius 3 is 1.52 bits per heavy atom. The molecule has 1 aliphatic carbocycles. The highest BCUT2D eigenvalue weighted by atomic mass is 35.5. The zero-order valence-electron chi connectivity index (χ0n) is 22.7. The van der Waals surface area contributed by atoms with Crippen LogP contribution in [0.2, 0.25) is 0 Å². The van der Waals surface area contributed by atoms with Crippen LogP contribution >= 0.6 is 23.2 Å². The van der Waals surface area contributed by atoms with Gasteiger partial charge in [0.2, 0.25) is 11.6 Å². The minimum atomic E-state index is -0.481. The van der Waals surface area contributed by atoms with Crippen molar-refractivity contribution >= 4 is 46.1 Å². The monoisotopic (exact) mass is 588 g/mol. The molecule has 2 heterocycles. The van der Waals surface area contributed by atoms with E-state index >= 15 is 0 Å². The van der Waals surface area contributed by atoms with Gasteiger partial charge in [0, 0.05) is 62.4 Å². The van der Waals surface area contributed by atoms with Crippen LogP contribution in [-0.4, -0.2) is 95.7 Å². The van der Waals surface area contributed by atoms with Crippen molar-refractivity contribution in [3.8, 4) is 11.5 Å². The summed E-state index contributed by atoms with van der Waals surface area (Å²) < 4.78 is 0. The Morgan fingerprint density at radius 2 is 1.12 bits per heavy atom. The van der Waals surface area contributed by atoms with Gasteiger partial charge >= 0.3 is 0 Å². The summed E-state index contributed by atoms with van der Waals surface area (Å²) in [5.41, 5.74) is 1.22. The summed E-state index contributed by atoms with van der Waals surface area (Å²) in [4.78, 5) is 32.3. The fourth-order valence-corrected chi connectivity index (χ4v) is 6.82. The summed E-state index contributed by atoms with van der Waals surface area (Å²) in [6, 6.07) is 6.13. The average molecular weight is 590 g/mol. The second kappa shape index (κ2) is 13.0. The summed E-state index contributed by atoms with van der Waals surface area (Å²) in [5.74, 6) is 0.694. The number of benzene rings is 2. The van der Waals surface area contributed by atoms with Gasteiger partial charge in [-0.2, -0.15) is 0 Å². The maximum Gasteiger partial charge on any atom is 0.200 e. The van der Waals surface area contributed by atoms with Crippen LogP contribution < -0.4 is 10.6 Å². The molecule has 0 bridgehead atoms. The van der Waals surface area contributed by atoms with Gasteiger partial charge in [-0.15, -0.1) is 23.2 Å². The minimum Gasteiger partial charge on any atom is -0.507 e. The molecule has 2 unspecified atom stereocenters. The first-order valence-electron chi connectivity index (χ1n) is 14.3. The van der Waals surface area contributed by atoms with Crippen molar-refractivity contribution in [3.05, 3.63) is 46.5 Å². The summed E-state index contributed by atoms with van der Waals surface area (Å²) >= 11 is 12.2. The van der Waals surface area contributed by atoms with Crippen LogP contribution in [-0.2, 0) is 0 Å². The van der Waals surface area contributed by atoms with Crippen molar-refractivity contribution in [1.29, 1.82) is 0 Å². The molecule has 2 aromatic carbocycles. The predicted molar refractivity (Wildman–Crippen MR) is 160 cm³/mol. The number of alkyl halides is 2. The molecular weight excluding hydrogens is 551 g/mol. The number of phenols is 2. The van der Waals surface area contributed by atoms with Gasteiger partial charge in [-0.3, -0.25) is 9.59 Å². The van der Waals surface area contributed by atoms with Crippen LogP contribution in [0.15, 0.2) is 24.3 Å². The number of carbonyl (C=O) groups is 2. The first-order chi connectivity index (χ1) is 19.4. The number of nitrogens with one attached hydrogen (secondary N) is 2. The highest BCUT2D eigenvalue weighted by Crippen LogP contribution is 2.42. The van der Waals surface area contributed by atoms with Crippen LogP contribution in [0.3, 0.4) is 0 Å². The fourth-order valence-electron chi connectivity index (χ4n) is 6.32. The Balaban J connectivity index is 1.38. The Hall–Kier alpha value is -2.52. The number of aromatic hydroxyl groups is 2. The first kappa shape index (κ1) is 29.0. The zero-order chi connectivity index (χ0) is 28.2. The molecule has 3 aliphatic rings. The maximum atomic E-state index is 13.8. The van der Waals surface area contributed by atoms with Gasteiger partial charge in [0.05, 0.1) is 22.3 Å². The number of carbonyl (C=O) groups excluding carboxylic acids is 2. The van der Waals surface area contributed by atoms with Gasteiger partial charge in [-0.25, -0.2) is 0 Å². The van der Waals surface area contributed by atoms with Gasteiger partial charge in [-0.1, -0.05) is 0 Å². The molecule has 0 saturated carbocycles. The van der Waals surface area contributed by atoms with E-state index in [0.717, 1.165) is 65.0 Å². The van der Waals surface area contributed by atoms with Crippen molar-refractivity contribution in [2.75, 3.05) is 74.8 Å². The lowest BCUT2D eigenvalue weighted by Gasteiger charge is -2.32. The molecule has 0 amide bonds. The van der Waals surface area contributed by atoms with Crippen LogP contribution in [0.4, 0.5) is 11.4 Å². The van der Waals surface area contributed by atoms with Gasteiger partial charge in [-0.05, 0) is 74.9 Å². The van der Waals surface area contributed by atoms with Gasteiger partial charge < -0.3 is 30.6 Å². The van der Waals surface area contributed by atoms with Gasteiger partial charge in [0.15, 0.2) is 0 Å². The molecule has 2 aliphatic heterocycles. The Bertz CT molecular complexity index is 1160. The molecule has 216 valence electrons. The van der Waals surface area contributed by atoms with E-state index in [1.807, 2.05) is 12.1 Å². The predicted octanol–water partition coefficient (Wildman–Crippen LogP) is 4.60. The number of rotatable bonds is 10. The number of nitrogens with zero attached hydrogens (tertiary/aromatic N) is 2. The van der Waals surface area contributed by atoms with E-state index in [-0.39, 0.29) is 33.8 Å². The van der Waals surface area contributed by atoms with Crippen molar-refractivity contribution < 1.29 is 19.8 Å². The van der Waals surface area contributed by atoms with Gasteiger partial charge in [0.25, 0.3) is 0 Å². The lowest BCUT2D eigenvalue weighted by atomic mass is 9.81. The standard InChI is InChI=1S/C30H38Cl2N4O4/c31-15-19-3-1-11-35(17-19)13-9-33-21-5-6-22(34-10-14-36-12-2-4-20(16-32)18-36)26-25(21)29(39)27-23(37)7-8-24(38)28(27)30(26)40/h5-8,19-20,33-34,37-38H,1-4,9-18H2. The fraction of sp³-hybridized carbons (Fsp3) is 0.533. The van der Waals surface area contributed by atoms with E-state index in [0.29, 0.717) is 48.1 Å². The van der Waals surface area contributed by atoms with Crippen molar-refractivity contribution in [1.82, 2.24) is 9.80 Å². The molecule has 2 atom stereocenters. The number of likely N-dealkylation sites (tertiary alicyclic amines) is 2. The Morgan fingerprint density at radius 1 is 0.700 bits per heavy atom. The normalized spacial score (nSPS) is 21.6. The van der Waals surface area contributed by atoms with E-state index in [4.69, 9.17) is 23.2 Å². The molecular formula is C30H38Cl2N4O4. The number of phenolic OH excluding ortho intramolecular Hbond substituents is 2. The topological polar surface area (TPSA) is 105 Å². The molecule has 2 fully saturated rings. The van der Waals surface area contributed by atoms with E-state index < -0.39 is 11.6 Å². The molecule has 40 heavy (non-hydrogen) atoms. The number of ketones is 2. The van der Waals surface area contributed by atoms with Crippen molar-refractivity contribution in [2.24, 2.45) is 11.8 Å². The number of fused-ring (bicyclic) bond motifs is 2. The number of halogens is 2. The van der Waals surface area contributed by atoms with Crippen LogP contribution in [0.25, 0.3) is 0 Å². The van der Waals surface area contributed by atoms with E-state index in [1.165, 1.54) is 12.1 Å². The van der Waals surface area contributed by atoms with Crippen molar-refractivity contribution in [3.63, 3.8) is 0 Å². The minimum absolute atomic E-state index is 0.154. The molecule has 10 heteroatoms. The molecule has 4 N–H and O–H groups in total. The quantitative estimate of drug-likeness (QED) is 0.201. The third-order valence-electron chi connectivity index (χ3n) is 8.40. The van der Waals surface area contributed by atoms with Crippen molar-refractivity contribution in [2.45, 2.75) is 25.7 Å². The SMILES string of the molecule is O=C1c2c(O)ccc(O)c2C(=O)c2c(NCCN3CCCC(CCl)C3)ccc(NCCN3CCCC(CCl)C3)c21. The molecule has 2 aromatic rings. The van der Waals surface area contributed by atoms with Crippen LogP contribution in [0.5, 0.6) is 11.5 Å². The summed E-state index contributed by atoms with van der Waals surface area (Å²) in [6.07, 6.45) is 4.52. The van der Waals surface area contributed by atoms with E-state index in [2.05, 4.69) is 20.4 Å². The van der Waals surface area contributed by atoms with E-state index in [9.17, 15) is 19.8 Å². The second-order valence-corrected chi connectivity index (χ2v) is 11.8. The summed E-state index contributed by atoms with van der Waals surface area (Å²) in [5, 5.41) is 27.8. The largest absolute Gasteiger partial charge is 0.507 e. The first-order valence-corrected chi connectivity index (χ1v) is 15.3. The average Bonchev–Trinajstić information content (AvgIpc) is 2.97. The lowest BCUT2D eigenvalue weighted by molar-refractivity contribution is 0.0975. The number of piperidine rings is 2. The summed E-state index contributed by atoms with van der Waals surface area (Å²) in [6.45, 7) is 6.67. The van der Waals surface area contributed by atoms with Crippen LogP contribution in [0.1, 0.15) is 57.5 Å². The maximum absolute atomic E-state index is 13.8. The molecule has 0 aromatic heterocycles. The van der Waals surface area contributed by atoms with Crippen LogP contribution in [0, 0.1) is 11.8 Å². The Labute approximate surface area is 245 Å². The van der Waals surface area contributed by atoms with Gasteiger partial charge in [0.1, 0.15) is 11.5 Å².